The first-order valence-electron chi connectivity index (χ1n) is 5.07. The second kappa shape index (κ2) is 4.89. The van der Waals surface area contributed by atoms with Gasteiger partial charge in [0.25, 0.3) is 5.56 Å². The zero-order valence-corrected chi connectivity index (χ0v) is 10.0. The van der Waals surface area contributed by atoms with E-state index < -0.39 is 0 Å². The summed E-state index contributed by atoms with van der Waals surface area (Å²) >= 11 is 1.53. The molecular formula is C13H10N2OS. The molecule has 0 atom stereocenters. The molecule has 17 heavy (non-hydrogen) atoms. The lowest BCUT2D eigenvalue weighted by atomic mass is 10.2. The van der Waals surface area contributed by atoms with Gasteiger partial charge in [-0.25, -0.2) is 0 Å². The van der Waals surface area contributed by atoms with Gasteiger partial charge in [0.1, 0.15) is 11.6 Å². The maximum Gasteiger partial charge on any atom is 0.266 e. The van der Waals surface area contributed by atoms with Crippen molar-refractivity contribution in [1.82, 2.24) is 4.98 Å². The summed E-state index contributed by atoms with van der Waals surface area (Å²) in [6.45, 7) is 1.79. The summed E-state index contributed by atoms with van der Waals surface area (Å²) in [4.78, 5) is 15.9. The number of nitrogens with one attached hydrogen (secondary N) is 1. The van der Waals surface area contributed by atoms with Crippen LogP contribution in [0.15, 0.2) is 51.1 Å². The Hall–Kier alpha value is -1.99. The second-order valence-electron chi connectivity index (χ2n) is 3.51. The van der Waals surface area contributed by atoms with Crippen LogP contribution in [-0.4, -0.2) is 4.98 Å². The summed E-state index contributed by atoms with van der Waals surface area (Å²) in [5.41, 5.74) is 0.582. The fourth-order valence-electron chi connectivity index (χ4n) is 1.46. The van der Waals surface area contributed by atoms with Crippen molar-refractivity contribution in [2.24, 2.45) is 0 Å². The molecule has 84 valence electrons. The molecule has 2 aromatic rings. The van der Waals surface area contributed by atoms with Gasteiger partial charge in [0.2, 0.25) is 0 Å². The predicted molar refractivity (Wildman–Crippen MR) is 67.1 cm³/mol. The molecule has 0 fully saturated rings. The number of H-pyrrole nitrogens is 1. The summed E-state index contributed by atoms with van der Waals surface area (Å²) in [6.07, 6.45) is 1.65. The monoisotopic (exact) mass is 242 g/mol. The Morgan fingerprint density at radius 2 is 2.00 bits per heavy atom. The number of hydrogen-bond donors (Lipinski definition) is 1. The van der Waals surface area contributed by atoms with E-state index in [4.69, 9.17) is 5.26 Å². The summed E-state index contributed by atoms with van der Waals surface area (Å²) in [5, 5.41) is 8.91. The molecule has 0 spiro atoms. The van der Waals surface area contributed by atoms with E-state index in [0.717, 1.165) is 15.4 Å². The molecule has 4 heteroatoms. The van der Waals surface area contributed by atoms with Crippen LogP contribution in [0.1, 0.15) is 11.1 Å². The van der Waals surface area contributed by atoms with Gasteiger partial charge in [-0.05, 0) is 24.6 Å². The highest BCUT2D eigenvalue weighted by Crippen LogP contribution is 2.29. The lowest BCUT2D eigenvalue weighted by Crippen LogP contribution is -2.11. The number of nitriles is 1. The Morgan fingerprint density at radius 1 is 1.29 bits per heavy atom. The van der Waals surface area contributed by atoms with Crippen molar-refractivity contribution in [3.8, 4) is 6.07 Å². The third-order valence-corrected chi connectivity index (χ3v) is 3.54. The van der Waals surface area contributed by atoms with Crippen LogP contribution in [-0.2, 0) is 0 Å². The van der Waals surface area contributed by atoms with E-state index in [1.165, 1.54) is 11.8 Å². The van der Waals surface area contributed by atoms with Crippen molar-refractivity contribution < 1.29 is 0 Å². The molecule has 0 amide bonds. The fraction of sp³-hybridized carbons (Fsp3) is 0.0769. The quantitative estimate of drug-likeness (QED) is 0.880. The highest BCUT2D eigenvalue weighted by molar-refractivity contribution is 7.99. The molecule has 0 saturated carbocycles. The van der Waals surface area contributed by atoms with E-state index in [1.807, 2.05) is 36.4 Å². The number of nitrogens with zero attached hydrogens (tertiary/aromatic N) is 1. The normalized spacial score (nSPS) is 9.88. The van der Waals surface area contributed by atoms with Crippen LogP contribution in [0.25, 0.3) is 0 Å². The minimum atomic E-state index is -0.331. The number of aromatic amines is 1. The molecule has 0 unspecified atom stereocenters. The van der Waals surface area contributed by atoms with Crippen LogP contribution >= 0.6 is 11.8 Å². The molecule has 0 aliphatic heterocycles. The van der Waals surface area contributed by atoms with Gasteiger partial charge in [-0.3, -0.25) is 4.79 Å². The number of pyridine rings is 1. The average Bonchev–Trinajstić information content (AvgIpc) is 2.35. The zero-order valence-electron chi connectivity index (χ0n) is 9.23. The number of hydrogen-bond acceptors (Lipinski definition) is 3. The van der Waals surface area contributed by atoms with Gasteiger partial charge in [-0.15, -0.1) is 0 Å². The number of rotatable bonds is 2. The molecule has 0 radical (unpaired) electrons. The Morgan fingerprint density at radius 3 is 2.65 bits per heavy atom. The van der Waals surface area contributed by atoms with Gasteiger partial charge in [-0.1, -0.05) is 30.0 Å². The highest BCUT2D eigenvalue weighted by Gasteiger charge is 2.09. The third kappa shape index (κ3) is 2.40. The van der Waals surface area contributed by atoms with Crippen molar-refractivity contribution in [1.29, 1.82) is 5.26 Å². The van der Waals surface area contributed by atoms with Crippen molar-refractivity contribution in [3.05, 3.63) is 58.0 Å². The SMILES string of the molecule is Cc1c(Sc2ccccc2)c[nH]c(=O)c1C#N. The summed E-state index contributed by atoms with van der Waals surface area (Å²) in [7, 11) is 0. The van der Waals surface area contributed by atoms with E-state index in [9.17, 15) is 4.79 Å². The van der Waals surface area contributed by atoms with E-state index >= 15 is 0 Å². The number of benzene rings is 1. The maximum absolute atomic E-state index is 11.4. The topological polar surface area (TPSA) is 56.6 Å². The minimum absolute atomic E-state index is 0.186. The van der Waals surface area contributed by atoms with Gasteiger partial charge in [0, 0.05) is 16.0 Å². The van der Waals surface area contributed by atoms with Gasteiger partial charge in [0.05, 0.1) is 0 Å². The van der Waals surface area contributed by atoms with Gasteiger partial charge >= 0.3 is 0 Å². The number of aromatic nitrogens is 1. The summed E-state index contributed by atoms with van der Waals surface area (Å²) in [5.74, 6) is 0. The van der Waals surface area contributed by atoms with E-state index in [2.05, 4.69) is 4.98 Å². The van der Waals surface area contributed by atoms with Crippen LogP contribution in [0.2, 0.25) is 0 Å². The van der Waals surface area contributed by atoms with Crippen molar-refractivity contribution >= 4 is 11.8 Å². The molecule has 0 saturated heterocycles. The average molecular weight is 242 g/mol. The molecular weight excluding hydrogens is 232 g/mol. The third-order valence-electron chi connectivity index (χ3n) is 2.39. The lowest BCUT2D eigenvalue weighted by molar-refractivity contribution is 1.10. The van der Waals surface area contributed by atoms with Gasteiger partial charge in [-0.2, -0.15) is 5.26 Å². The molecule has 1 N–H and O–H groups in total. The molecule has 1 heterocycles. The largest absolute Gasteiger partial charge is 0.327 e. The Labute approximate surface area is 103 Å². The van der Waals surface area contributed by atoms with Crippen LogP contribution in [0, 0.1) is 18.3 Å². The molecule has 2 rings (SSSR count). The van der Waals surface area contributed by atoms with Crippen LogP contribution < -0.4 is 5.56 Å². The summed E-state index contributed by atoms with van der Waals surface area (Å²) in [6, 6.07) is 11.8. The van der Waals surface area contributed by atoms with Crippen molar-refractivity contribution in [2.75, 3.05) is 0 Å². The standard InChI is InChI=1S/C13H10N2OS/c1-9-11(7-14)13(16)15-8-12(9)17-10-5-3-2-4-6-10/h2-6,8H,1H3,(H,15,16). The molecule has 1 aromatic heterocycles. The highest BCUT2D eigenvalue weighted by atomic mass is 32.2. The Balaban J connectivity index is 2.42. The Kier molecular flexibility index (Phi) is 3.31. The smallest absolute Gasteiger partial charge is 0.266 e. The Bertz CT molecular complexity index is 626. The molecule has 0 aliphatic carbocycles. The van der Waals surface area contributed by atoms with Gasteiger partial charge < -0.3 is 4.98 Å². The second-order valence-corrected chi connectivity index (χ2v) is 4.62. The van der Waals surface area contributed by atoms with Crippen LogP contribution in [0.4, 0.5) is 0 Å². The van der Waals surface area contributed by atoms with E-state index in [1.54, 1.807) is 13.1 Å². The molecule has 3 nitrogen and oxygen atoms in total. The summed E-state index contributed by atoms with van der Waals surface area (Å²) < 4.78 is 0. The minimum Gasteiger partial charge on any atom is -0.327 e. The van der Waals surface area contributed by atoms with E-state index in [0.29, 0.717) is 0 Å². The predicted octanol–water partition coefficient (Wildman–Crippen LogP) is 2.71. The van der Waals surface area contributed by atoms with Crippen LogP contribution in [0.5, 0.6) is 0 Å². The lowest BCUT2D eigenvalue weighted by Gasteiger charge is -2.05. The van der Waals surface area contributed by atoms with Crippen molar-refractivity contribution in [3.63, 3.8) is 0 Å². The van der Waals surface area contributed by atoms with Gasteiger partial charge in [0.15, 0.2) is 0 Å². The first kappa shape index (κ1) is 11.5. The fourth-order valence-corrected chi connectivity index (χ4v) is 2.38. The molecule has 0 aliphatic rings. The first-order chi connectivity index (χ1) is 8.22. The van der Waals surface area contributed by atoms with E-state index in [-0.39, 0.29) is 11.1 Å². The first-order valence-corrected chi connectivity index (χ1v) is 5.89. The molecule has 1 aromatic carbocycles. The molecule has 0 bridgehead atoms. The van der Waals surface area contributed by atoms with Crippen LogP contribution in [0.3, 0.4) is 0 Å². The van der Waals surface area contributed by atoms with Crippen molar-refractivity contribution in [2.45, 2.75) is 16.7 Å². The zero-order chi connectivity index (χ0) is 12.3. The maximum atomic E-state index is 11.4.